The molecular formula is C17H21N5O. The summed E-state index contributed by atoms with van der Waals surface area (Å²) < 4.78 is 1.81. The van der Waals surface area contributed by atoms with Crippen LogP contribution in [0, 0.1) is 5.92 Å². The molecule has 1 saturated heterocycles. The standard InChI is InChI=1S/C17H21N5O/c1-21-9-7-18-17(21)15(23)12-4-3-8-22(10-12)16-13-5-2-6-14(13)19-11-20-16/h7,9,11-12H,2-6,8,10H2,1H3. The van der Waals surface area contributed by atoms with Crippen LogP contribution in [0.25, 0.3) is 0 Å². The van der Waals surface area contributed by atoms with Crippen LogP contribution in [0.3, 0.4) is 0 Å². The lowest BCUT2D eigenvalue weighted by Gasteiger charge is -2.33. The molecule has 2 aromatic rings. The molecule has 0 aromatic carbocycles. The molecule has 1 aliphatic heterocycles. The maximum atomic E-state index is 12.7. The number of piperidine rings is 1. The highest BCUT2D eigenvalue weighted by molar-refractivity contribution is 5.95. The van der Waals surface area contributed by atoms with Crippen molar-refractivity contribution in [1.82, 2.24) is 19.5 Å². The van der Waals surface area contributed by atoms with Gasteiger partial charge in [-0.25, -0.2) is 15.0 Å². The highest BCUT2D eigenvalue weighted by atomic mass is 16.1. The Kier molecular flexibility index (Phi) is 3.59. The van der Waals surface area contributed by atoms with Crippen LogP contribution in [0.4, 0.5) is 5.82 Å². The van der Waals surface area contributed by atoms with Gasteiger partial charge in [0.25, 0.3) is 0 Å². The predicted octanol–water partition coefficient (Wildman–Crippen LogP) is 1.80. The number of carbonyl (C=O) groups is 1. The lowest BCUT2D eigenvalue weighted by Crippen LogP contribution is -2.40. The van der Waals surface area contributed by atoms with Gasteiger partial charge >= 0.3 is 0 Å². The Morgan fingerprint density at radius 1 is 1.22 bits per heavy atom. The quantitative estimate of drug-likeness (QED) is 0.809. The van der Waals surface area contributed by atoms with Crippen LogP contribution in [0.2, 0.25) is 0 Å². The lowest BCUT2D eigenvalue weighted by atomic mass is 9.93. The molecule has 0 N–H and O–H groups in total. The summed E-state index contributed by atoms with van der Waals surface area (Å²) >= 11 is 0. The summed E-state index contributed by atoms with van der Waals surface area (Å²) in [6.07, 6.45) is 10.4. The topological polar surface area (TPSA) is 63.9 Å². The van der Waals surface area contributed by atoms with Crippen LogP contribution in [0.1, 0.15) is 41.1 Å². The maximum absolute atomic E-state index is 12.7. The molecule has 0 amide bonds. The van der Waals surface area contributed by atoms with Gasteiger partial charge in [-0.3, -0.25) is 4.79 Å². The van der Waals surface area contributed by atoms with E-state index in [4.69, 9.17) is 0 Å². The van der Waals surface area contributed by atoms with Gasteiger partial charge < -0.3 is 9.47 Å². The predicted molar refractivity (Wildman–Crippen MR) is 86.5 cm³/mol. The Balaban J connectivity index is 1.57. The summed E-state index contributed by atoms with van der Waals surface area (Å²) in [5.74, 6) is 1.75. The zero-order valence-corrected chi connectivity index (χ0v) is 13.4. The highest BCUT2D eigenvalue weighted by Crippen LogP contribution is 2.31. The number of ketones is 1. The van der Waals surface area contributed by atoms with Crippen molar-refractivity contribution in [2.24, 2.45) is 13.0 Å². The van der Waals surface area contributed by atoms with Gasteiger partial charge in [-0.15, -0.1) is 0 Å². The number of anilines is 1. The van der Waals surface area contributed by atoms with Gasteiger partial charge in [0.1, 0.15) is 12.1 Å². The first-order valence-electron chi connectivity index (χ1n) is 8.33. The molecule has 23 heavy (non-hydrogen) atoms. The van der Waals surface area contributed by atoms with Gasteiger partial charge in [-0.05, 0) is 32.1 Å². The van der Waals surface area contributed by atoms with Crippen molar-refractivity contribution in [3.63, 3.8) is 0 Å². The van der Waals surface area contributed by atoms with Gasteiger partial charge in [0.2, 0.25) is 5.78 Å². The molecule has 4 rings (SSSR count). The fraction of sp³-hybridized carbons (Fsp3) is 0.529. The van der Waals surface area contributed by atoms with Crippen LogP contribution in [-0.4, -0.2) is 38.4 Å². The van der Waals surface area contributed by atoms with E-state index in [1.165, 1.54) is 11.3 Å². The van der Waals surface area contributed by atoms with E-state index < -0.39 is 0 Å². The van der Waals surface area contributed by atoms with E-state index in [1.54, 1.807) is 12.5 Å². The molecule has 2 aromatic heterocycles. The molecule has 0 saturated carbocycles. The van der Waals surface area contributed by atoms with Crippen LogP contribution >= 0.6 is 0 Å². The fourth-order valence-electron chi connectivity index (χ4n) is 3.78. The second kappa shape index (κ2) is 5.76. The molecule has 6 nitrogen and oxygen atoms in total. The largest absolute Gasteiger partial charge is 0.356 e. The van der Waals surface area contributed by atoms with E-state index in [0.29, 0.717) is 5.82 Å². The third-order valence-corrected chi connectivity index (χ3v) is 4.99. The Morgan fingerprint density at radius 3 is 2.96 bits per heavy atom. The van der Waals surface area contributed by atoms with Crippen molar-refractivity contribution < 1.29 is 4.79 Å². The monoisotopic (exact) mass is 311 g/mol. The summed E-state index contributed by atoms with van der Waals surface area (Å²) in [5.41, 5.74) is 2.48. The molecule has 0 bridgehead atoms. The molecule has 1 atom stereocenters. The number of hydrogen-bond donors (Lipinski definition) is 0. The molecule has 3 heterocycles. The van der Waals surface area contributed by atoms with Crippen LogP contribution in [-0.2, 0) is 19.9 Å². The first kappa shape index (κ1) is 14.4. The number of hydrogen-bond acceptors (Lipinski definition) is 5. The average Bonchev–Trinajstić information content (AvgIpc) is 3.22. The second-order valence-electron chi connectivity index (χ2n) is 6.49. The third kappa shape index (κ3) is 2.52. The SMILES string of the molecule is Cn1ccnc1C(=O)C1CCCN(c2ncnc3c2CCC3)C1. The first-order chi connectivity index (χ1) is 11.2. The van der Waals surface area contributed by atoms with Crippen LogP contribution in [0.5, 0.6) is 0 Å². The summed E-state index contributed by atoms with van der Waals surface area (Å²) in [4.78, 5) is 28.2. The van der Waals surface area contributed by atoms with Crippen molar-refractivity contribution in [2.45, 2.75) is 32.1 Å². The van der Waals surface area contributed by atoms with Crippen molar-refractivity contribution in [2.75, 3.05) is 18.0 Å². The third-order valence-electron chi connectivity index (χ3n) is 4.99. The van der Waals surface area contributed by atoms with Crippen molar-refractivity contribution in [3.05, 3.63) is 35.8 Å². The van der Waals surface area contributed by atoms with Crippen molar-refractivity contribution in [3.8, 4) is 0 Å². The lowest BCUT2D eigenvalue weighted by molar-refractivity contribution is 0.0893. The van der Waals surface area contributed by atoms with Crippen LogP contribution < -0.4 is 4.90 Å². The number of fused-ring (bicyclic) bond motifs is 1. The Labute approximate surface area is 135 Å². The van der Waals surface area contributed by atoms with E-state index in [2.05, 4.69) is 19.9 Å². The van der Waals surface area contributed by atoms with E-state index in [0.717, 1.165) is 51.0 Å². The maximum Gasteiger partial charge on any atom is 0.203 e. The first-order valence-corrected chi connectivity index (χ1v) is 8.33. The Bertz CT molecular complexity index is 738. The fourth-order valence-corrected chi connectivity index (χ4v) is 3.78. The Morgan fingerprint density at radius 2 is 2.13 bits per heavy atom. The number of rotatable bonds is 3. The van der Waals surface area contributed by atoms with Crippen molar-refractivity contribution in [1.29, 1.82) is 0 Å². The van der Waals surface area contributed by atoms with Gasteiger partial charge in [0.05, 0.1) is 0 Å². The zero-order valence-electron chi connectivity index (χ0n) is 13.4. The van der Waals surface area contributed by atoms with Gasteiger partial charge in [0.15, 0.2) is 5.82 Å². The molecule has 120 valence electrons. The van der Waals surface area contributed by atoms with Gasteiger partial charge in [0, 0.05) is 49.7 Å². The number of Topliss-reactive ketones (excluding diaryl/α,β-unsaturated/α-hetero) is 1. The summed E-state index contributed by atoms with van der Waals surface area (Å²) in [5, 5.41) is 0. The molecule has 1 fully saturated rings. The molecule has 1 unspecified atom stereocenters. The Hall–Kier alpha value is -2.24. The minimum atomic E-state index is -0.00290. The summed E-state index contributed by atoms with van der Waals surface area (Å²) in [6, 6.07) is 0. The second-order valence-corrected chi connectivity index (χ2v) is 6.49. The zero-order chi connectivity index (χ0) is 15.8. The average molecular weight is 311 g/mol. The normalized spacial score (nSPS) is 20.6. The molecule has 1 aliphatic carbocycles. The smallest absolute Gasteiger partial charge is 0.203 e. The molecule has 6 heteroatoms. The van der Waals surface area contributed by atoms with E-state index in [9.17, 15) is 4.79 Å². The van der Waals surface area contributed by atoms with Gasteiger partial charge in [-0.1, -0.05) is 0 Å². The van der Waals surface area contributed by atoms with Gasteiger partial charge in [-0.2, -0.15) is 0 Å². The number of aryl methyl sites for hydroxylation is 2. The summed E-state index contributed by atoms with van der Waals surface area (Å²) in [6.45, 7) is 1.70. The van der Waals surface area contributed by atoms with E-state index in [1.807, 2.05) is 17.8 Å². The summed E-state index contributed by atoms with van der Waals surface area (Å²) in [7, 11) is 1.87. The van der Waals surface area contributed by atoms with Crippen LogP contribution in [0.15, 0.2) is 18.7 Å². The number of aromatic nitrogens is 4. The van der Waals surface area contributed by atoms with E-state index in [-0.39, 0.29) is 11.7 Å². The van der Waals surface area contributed by atoms with E-state index >= 15 is 0 Å². The molecule has 0 radical (unpaired) electrons. The molecule has 2 aliphatic rings. The number of carbonyl (C=O) groups excluding carboxylic acids is 1. The number of nitrogens with zero attached hydrogens (tertiary/aromatic N) is 5. The minimum absolute atomic E-state index is 0.00290. The van der Waals surface area contributed by atoms with Crippen molar-refractivity contribution >= 4 is 11.6 Å². The minimum Gasteiger partial charge on any atom is -0.356 e. The molecule has 0 spiro atoms. The molecular weight excluding hydrogens is 290 g/mol. The number of imidazole rings is 1. The highest BCUT2D eigenvalue weighted by Gasteiger charge is 2.31.